The van der Waals surface area contributed by atoms with Crippen molar-refractivity contribution in [3.05, 3.63) is 38.4 Å². The number of ketones is 1. The highest BCUT2D eigenvalue weighted by molar-refractivity contribution is 6.34. The van der Waals surface area contributed by atoms with Crippen molar-refractivity contribution >= 4 is 17.8 Å². The molecule has 0 saturated carbocycles. The van der Waals surface area contributed by atoms with Crippen molar-refractivity contribution in [1.29, 1.82) is 0 Å². The van der Waals surface area contributed by atoms with Crippen LogP contribution in [0.2, 0.25) is 0 Å². The minimum Gasteiger partial charge on any atom is -0.294 e. The third kappa shape index (κ3) is 1.84. The lowest BCUT2D eigenvalue weighted by molar-refractivity contribution is -0.386. The molecule has 0 amide bonds. The highest BCUT2D eigenvalue weighted by Gasteiger charge is 2.22. The average molecular weight is 221 g/mol. The maximum Gasteiger partial charge on any atom is 0.275 e. The van der Waals surface area contributed by atoms with Crippen molar-refractivity contribution in [2.75, 3.05) is 0 Å². The third-order valence-electron chi connectivity index (χ3n) is 2.47. The number of carbonyl (C=O) groups excluding carboxylic acids is 2. The molecule has 0 bridgehead atoms. The molecule has 16 heavy (non-hydrogen) atoms. The maximum absolute atomic E-state index is 11.4. The van der Waals surface area contributed by atoms with E-state index in [1.807, 2.05) is 0 Å². The van der Waals surface area contributed by atoms with Gasteiger partial charge in [-0.05, 0) is 32.4 Å². The molecule has 1 rings (SSSR count). The molecule has 0 heterocycles. The molecule has 0 atom stereocenters. The number of benzene rings is 1. The van der Waals surface area contributed by atoms with Gasteiger partial charge >= 0.3 is 0 Å². The second-order valence-electron chi connectivity index (χ2n) is 3.60. The SMILES string of the molecule is Cc1cc(C)c([N+](=O)[O-])c(C)c1C(=O)C=O. The molecule has 1 aromatic carbocycles. The van der Waals surface area contributed by atoms with Gasteiger partial charge in [0.15, 0.2) is 6.29 Å². The highest BCUT2D eigenvalue weighted by atomic mass is 16.6. The zero-order chi connectivity index (χ0) is 12.5. The van der Waals surface area contributed by atoms with E-state index < -0.39 is 10.7 Å². The van der Waals surface area contributed by atoms with Crippen LogP contribution in [0.4, 0.5) is 5.69 Å². The Morgan fingerprint density at radius 3 is 2.31 bits per heavy atom. The van der Waals surface area contributed by atoms with Crippen LogP contribution in [0.15, 0.2) is 6.07 Å². The zero-order valence-corrected chi connectivity index (χ0v) is 9.23. The molecule has 0 fully saturated rings. The Kier molecular flexibility index (Phi) is 3.17. The summed E-state index contributed by atoms with van der Waals surface area (Å²) in [7, 11) is 0. The minimum absolute atomic E-state index is 0.101. The van der Waals surface area contributed by atoms with Crippen LogP contribution in [0.1, 0.15) is 27.0 Å². The lowest BCUT2D eigenvalue weighted by atomic mass is 9.95. The summed E-state index contributed by atoms with van der Waals surface area (Å²) >= 11 is 0. The second kappa shape index (κ2) is 4.22. The van der Waals surface area contributed by atoms with Gasteiger partial charge in [0, 0.05) is 16.7 Å². The fourth-order valence-corrected chi connectivity index (χ4v) is 1.89. The van der Waals surface area contributed by atoms with E-state index in [-0.39, 0.29) is 23.1 Å². The van der Waals surface area contributed by atoms with Gasteiger partial charge in [0.25, 0.3) is 5.69 Å². The van der Waals surface area contributed by atoms with Crippen LogP contribution >= 0.6 is 0 Å². The van der Waals surface area contributed by atoms with Gasteiger partial charge in [-0.2, -0.15) is 0 Å². The average Bonchev–Trinajstić information content (AvgIpc) is 2.15. The number of nitrogens with zero attached hydrogens (tertiary/aromatic N) is 1. The predicted molar refractivity (Wildman–Crippen MR) is 57.7 cm³/mol. The van der Waals surface area contributed by atoms with Crippen LogP contribution in [-0.2, 0) is 4.79 Å². The Hall–Kier alpha value is -2.04. The molecule has 0 radical (unpaired) electrons. The van der Waals surface area contributed by atoms with Crippen molar-refractivity contribution in [3.8, 4) is 0 Å². The van der Waals surface area contributed by atoms with Gasteiger partial charge in [-0.1, -0.05) is 0 Å². The molecule has 0 N–H and O–H groups in total. The molecule has 0 saturated heterocycles. The third-order valence-corrected chi connectivity index (χ3v) is 2.47. The van der Waals surface area contributed by atoms with Gasteiger partial charge in [0.1, 0.15) is 0 Å². The van der Waals surface area contributed by atoms with Crippen molar-refractivity contribution in [3.63, 3.8) is 0 Å². The van der Waals surface area contributed by atoms with Crippen LogP contribution in [0.25, 0.3) is 0 Å². The smallest absolute Gasteiger partial charge is 0.275 e. The fraction of sp³-hybridized carbons (Fsp3) is 0.273. The summed E-state index contributed by atoms with van der Waals surface area (Å²) in [4.78, 5) is 32.1. The van der Waals surface area contributed by atoms with Gasteiger partial charge in [0.2, 0.25) is 5.78 Å². The van der Waals surface area contributed by atoms with Crippen LogP contribution < -0.4 is 0 Å². The maximum atomic E-state index is 11.4. The molecule has 0 spiro atoms. The highest BCUT2D eigenvalue weighted by Crippen LogP contribution is 2.28. The molecule has 0 unspecified atom stereocenters. The molecule has 5 heteroatoms. The van der Waals surface area contributed by atoms with Crippen molar-refractivity contribution in [2.45, 2.75) is 20.8 Å². The van der Waals surface area contributed by atoms with Crippen molar-refractivity contribution in [2.24, 2.45) is 0 Å². The summed E-state index contributed by atoms with van der Waals surface area (Å²) in [6.45, 7) is 4.74. The molecular formula is C11H11NO4. The number of Topliss-reactive ketones (excluding diaryl/α,β-unsaturated/α-hetero) is 1. The Balaban J connectivity index is 3.63. The summed E-state index contributed by atoms with van der Waals surface area (Å²) < 4.78 is 0. The monoisotopic (exact) mass is 221 g/mol. The van der Waals surface area contributed by atoms with Gasteiger partial charge in [-0.15, -0.1) is 0 Å². The van der Waals surface area contributed by atoms with Gasteiger partial charge in [-0.25, -0.2) is 0 Å². The van der Waals surface area contributed by atoms with Crippen molar-refractivity contribution in [1.82, 2.24) is 0 Å². The quantitative estimate of drug-likeness (QED) is 0.257. The first-order valence-electron chi connectivity index (χ1n) is 4.64. The summed E-state index contributed by atoms with van der Waals surface area (Å²) in [5, 5.41) is 10.8. The number of aryl methyl sites for hydroxylation is 2. The molecule has 0 aliphatic heterocycles. The molecule has 1 aromatic rings. The molecular weight excluding hydrogens is 210 g/mol. The second-order valence-corrected chi connectivity index (χ2v) is 3.60. The fourth-order valence-electron chi connectivity index (χ4n) is 1.89. The topological polar surface area (TPSA) is 77.3 Å². The van der Waals surface area contributed by atoms with Crippen LogP contribution in [0, 0.1) is 30.9 Å². The Morgan fingerprint density at radius 2 is 1.88 bits per heavy atom. The molecule has 0 aromatic heterocycles. The summed E-state index contributed by atoms with van der Waals surface area (Å²) in [6, 6.07) is 1.54. The van der Waals surface area contributed by atoms with Crippen LogP contribution in [0.3, 0.4) is 0 Å². The first kappa shape index (κ1) is 12.0. The first-order chi connectivity index (χ1) is 7.40. The van der Waals surface area contributed by atoms with Crippen molar-refractivity contribution < 1.29 is 14.5 Å². The molecule has 5 nitrogen and oxygen atoms in total. The lowest BCUT2D eigenvalue weighted by Gasteiger charge is -2.08. The van der Waals surface area contributed by atoms with E-state index >= 15 is 0 Å². The van der Waals surface area contributed by atoms with E-state index in [1.165, 1.54) is 6.92 Å². The van der Waals surface area contributed by atoms with E-state index in [4.69, 9.17) is 0 Å². The van der Waals surface area contributed by atoms with Gasteiger partial charge in [-0.3, -0.25) is 19.7 Å². The number of carbonyl (C=O) groups is 2. The Bertz CT molecular complexity index is 491. The Morgan fingerprint density at radius 1 is 1.31 bits per heavy atom. The molecule has 0 aliphatic carbocycles. The molecule has 84 valence electrons. The van der Waals surface area contributed by atoms with E-state index in [0.717, 1.165) is 0 Å². The number of hydrogen-bond acceptors (Lipinski definition) is 4. The number of nitro groups is 1. The zero-order valence-electron chi connectivity index (χ0n) is 9.23. The summed E-state index contributed by atoms with van der Waals surface area (Å²) in [6.07, 6.45) is 0.175. The minimum atomic E-state index is -0.724. The summed E-state index contributed by atoms with van der Waals surface area (Å²) in [5.74, 6) is -0.724. The van der Waals surface area contributed by atoms with Crippen LogP contribution in [0.5, 0.6) is 0 Å². The lowest BCUT2D eigenvalue weighted by Crippen LogP contribution is -2.09. The largest absolute Gasteiger partial charge is 0.294 e. The van der Waals surface area contributed by atoms with E-state index in [1.54, 1.807) is 19.9 Å². The van der Waals surface area contributed by atoms with Crippen LogP contribution in [-0.4, -0.2) is 17.0 Å². The summed E-state index contributed by atoms with van der Waals surface area (Å²) in [5.41, 5.74) is 1.35. The number of hydrogen-bond donors (Lipinski definition) is 0. The predicted octanol–water partition coefficient (Wildman–Crippen LogP) is 1.90. The normalized spacial score (nSPS) is 9.94. The first-order valence-corrected chi connectivity index (χ1v) is 4.64. The number of aldehydes is 1. The van der Waals surface area contributed by atoms with E-state index in [9.17, 15) is 19.7 Å². The van der Waals surface area contributed by atoms with Gasteiger partial charge < -0.3 is 0 Å². The van der Waals surface area contributed by atoms with Gasteiger partial charge in [0.05, 0.1) is 4.92 Å². The van der Waals surface area contributed by atoms with E-state index in [0.29, 0.717) is 11.1 Å². The standard InChI is InChI=1S/C11H11NO4/c1-6-4-7(2)11(12(15)16)8(3)10(6)9(14)5-13/h4-5H,1-3H3. The van der Waals surface area contributed by atoms with E-state index in [2.05, 4.69) is 0 Å². The Labute approximate surface area is 92.2 Å². The molecule has 0 aliphatic rings. The number of nitro benzene ring substituents is 1. The number of rotatable bonds is 3.